The van der Waals surface area contributed by atoms with E-state index in [4.69, 9.17) is 0 Å². The van der Waals surface area contributed by atoms with Crippen LogP contribution in [0.4, 0.5) is 0 Å². The van der Waals surface area contributed by atoms with Gasteiger partial charge in [-0.3, -0.25) is 14.2 Å². The summed E-state index contributed by atoms with van der Waals surface area (Å²) in [5.41, 5.74) is 0.465. The molecule has 1 heterocycles. The molecular weight excluding hydrogens is 176 g/mol. The van der Waals surface area contributed by atoms with Crippen LogP contribution in [-0.2, 0) is 10.8 Å². The molecule has 66 valence electrons. The van der Waals surface area contributed by atoms with Gasteiger partial charge in [0.25, 0.3) is 0 Å². The van der Waals surface area contributed by atoms with Crippen molar-refractivity contribution in [1.82, 2.24) is 9.97 Å². The van der Waals surface area contributed by atoms with E-state index in [-0.39, 0.29) is 5.75 Å². The first-order valence-corrected chi connectivity index (χ1v) is 5.17. The molecule has 4 nitrogen and oxygen atoms in total. The summed E-state index contributed by atoms with van der Waals surface area (Å²) in [4.78, 5) is 7.68. The fourth-order valence-corrected chi connectivity index (χ4v) is 1.41. The largest absolute Gasteiger partial charge is 0.386 e. The molecular formula is C7H10N2O2S. The molecule has 1 N–H and O–H groups in total. The van der Waals surface area contributed by atoms with Crippen LogP contribution in [0.15, 0.2) is 18.6 Å². The van der Waals surface area contributed by atoms with Gasteiger partial charge in [-0.15, -0.1) is 0 Å². The molecule has 0 bridgehead atoms. The molecule has 0 aliphatic rings. The fourth-order valence-electron chi connectivity index (χ4n) is 0.790. The van der Waals surface area contributed by atoms with Crippen molar-refractivity contribution >= 4 is 10.8 Å². The average Bonchev–Trinajstić information content (AvgIpc) is 2.05. The van der Waals surface area contributed by atoms with Crippen molar-refractivity contribution in [2.75, 3.05) is 12.0 Å². The van der Waals surface area contributed by atoms with Crippen LogP contribution in [-0.4, -0.2) is 31.3 Å². The van der Waals surface area contributed by atoms with Crippen LogP contribution in [0.1, 0.15) is 11.8 Å². The van der Waals surface area contributed by atoms with Crippen molar-refractivity contribution < 1.29 is 9.32 Å². The molecule has 0 spiro atoms. The lowest BCUT2D eigenvalue weighted by atomic mass is 10.3. The van der Waals surface area contributed by atoms with Crippen LogP contribution in [0.3, 0.4) is 0 Å². The van der Waals surface area contributed by atoms with E-state index in [0.29, 0.717) is 5.69 Å². The first kappa shape index (κ1) is 9.28. The first-order chi connectivity index (χ1) is 5.70. The highest BCUT2D eigenvalue weighted by molar-refractivity contribution is 7.84. The quantitative estimate of drug-likeness (QED) is 0.715. The van der Waals surface area contributed by atoms with Gasteiger partial charge in [0, 0.05) is 29.4 Å². The number of aliphatic hydroxyl groups is 1. The number of hydrogen-bond acceptors (Lipinski definition) is 4. The maximum absolute atomic E-state index is 10.7. The topological polar surface area (TPSA) is 63.1 Å². The maximum atomic E-state index is 10.7. The summed E-state index contributed by atoms with van der Waals surface area (Å²) in [5, 5.41) is 9.40. The standard InChI is InChI=1S/C7H10N2O2S/c1-12(11)5-7(10)6-4-8-2-3-9-6/h2-4,7,10H,5H2,1H3. The summed E-state index contributed by atoms with van der Waals surface area (Å²) < 4.78 is 10.7. The van der Waals surface area contributed by atoms with Gasteiger partial charge in [-0.2, -0.15) is 0 Å². The molecule has 0 aliphatic carbocycles. The SMILES string of the molecule is CS(=O)CC(O)c1cnccn1. The Labute approximate surface area is 73.1 Å². The van der Waals surface area contributed by atoms with E-state index in [1.165, 1.54) is 18.6 Å². The molecule has 0 aromatic carbocycles. The molecule has 0 fully saturated rings. The van der Waals surface area contributed by atoms with Gasteiger partial charge in [-0.05, 0) is 0 Å². The van der Waals surface area contributed by atoms with Gasteiger partial charge in [0.2, 0.25) is 0 Å². The zero-order chi connectivity index (χ0) is 8.97. The van der Waals surface area contributed by atoms with E-state index >= 15 is 0 Å². The minimum atomic E-state index is -1.01. The van der Waals surface area contributed by atoms with Crippen LogP contribution in [0.5, 0.6) is 0 Å². The minimum Gasteiger partial charge on any atom is -0.386 e. The molecule has 2 unspecified atom stereocenters. The van der Waals surface area contributed by atoms with Crippen molar-refractivity contribution in [3.05, 3.63) is 24.3 Å². The zero-order valence-corrected chi connectivity index (χ0v) is 7.49. The van der Waals surface area contributed by atoms with Crippen LogP contribution >= 0.6 is 0 Å². The van der Waals surface area contributed by atoms with Crippen molar-refractivity contribution in [3.8, 4) is 0 Å². The Balaban J connectivity index is 2.65. The molecule has 12 heavy (non-hydrogen) atoms. The molecule has 1 aromatic rings. The highest BCUT2D eigenvalue weighted by Crippen LogP contribution is 2.07. The summed E-state index contributed by atoms with van der Waals surface area (Å²) in [6, 6.07) is 0. The van der Waals surface area contributed by atoms with Crippen molar-refractivity contribution in [2.45, 2.75) is 6.10 Å². The summed E-state index contributed by atoms with van der Waals surface area (Å²) in [6.45, 7) is 0. The molecule has 0 radical (unpaired) electrons. The fraction of sp³-hybridized carbons (Fsp3) is 0.429. The first-order valence-electron chi connectivity index (χ1n) is 3.44. The van der Waals surface area contributed by atoms with Crippen LogP contribution < -0.4 is 0 Å². The molecule has 5 heteroatoms. The van der Waals surface area contributed by atoms with E-state index in [0.717, 1.165) is 0 Å². The molecule has 0 amide bonds. The van der Waals surface area contributed by atoms with Gasteiger partial charge in [0.05, 0.1) is 17.6 Å². The zero-order valence-electron chi connectivity index (χ0n) is 6.67. The molecule has 0 saturated heterocycles. The highest BCUT2D eigenvalue weighted by Gasteiger charge is 2.09. The van der Waals surface area contributed by atoms with Crippen molar-refractivity contribution in [3.63, 3.8) is 0 Å². The predicted octanol–water partition coefficient (Wildman–Crippen LogP) is -0.112. The number of rotatable bonds is 3. The Kier molecular flexibility index (Phi) is 3.31. The van der Waals surface area contributed by atoms with Crippen LogP contribution in [0.25, 0.3) is 0 Å². The lowest BCUT2D eigenvalue weighted by Gasteiger charge is -2.05. The Morgan fingerprint density at radius 2 is 2.42 bits per heavy atom. The summed E-state index contributed by atoms with van der Waals surface area (Å²) in [5.74, 6) is 0.207. The average molecular weight is 186 g/mol. The van der Waals surface area contributed by atoms with Gasteiger partial charge in [-0.1, -0.05) is 0 Å². The van der Waals surface area contributed by atoms with Gasteiger partial charge in [0.1, 0.15) is 6.10 Å². The van der Waals surface area contributed by atoms with E-state index in [9.17, 15) is 9.32 Å². The van der Waals surface area contributed by atoms with E-state index in [2.05, 4.69) is 9.97 Å². The maximum Gasteiger partial charge on any atom is 0.109 e. The second-order valence-corrected chi connectivity index (χ2v) is 3.87. The molecule has 1 rings (SSSR count). The Morgan fingerprint density at radius 1 is 1.67 bits per heavy atom. The number of hydrogen-bond donors (Lipinski definition) is 1. The van der Waals surface area contributed by atoms with Gasteiger partial charge < -0.3 is 5.11 Å². The molecule has 2 atom stereocenters. The van der Waals surface area contributed by atoms with Gasteiger partial charge in [-0.25, -0.2) is 0 Å². The highest BCUT2D eigenvalue weighted by atomic mass is 32.2. The van der Waals surface area contributed by atoms with Crippen molar-refractivity contribution in [2.24, 2.45) is 0 Å². The second kappa shape index (κ2) is 4.27. The summed E-state index contributed by atoms with van der Waals surface area (Å²) in [6.07, 6.45) is 5.26. The molecule has 0 aliphatic heterocycles. The number of aliphatic hydroxyl groups excluding tert-OH is 1. The Hall–Kier alpha value is -0.810. The minimum absolute atomic E-state index is 0.207. The Morgan fingerprint density at radius 3 is 2.92 bits per heavy atom. The normalized spacial score (nSPS) is 15.5. The Bertz CT molecular complexity index is 265. The predicted molar refractivity (Wildman–Crippen MR) is 45.9 cm³/mol. The third kappa shape index (κ3) is 2.67. The monoisotopic (exact) mass is 186 g/mol. The summed E-state index contributed by atoms with van der Waals surface area (Å²) >= 11 is 0. The van der Waals surface area contributed by atoms with E-state index in [1.54, 1.807) is 6.26 Å². The number of aromatic nitrogens is 2. The lowest BCUT2D eigenvalue weighted by molar-refractivity contribution is 0.197. The van der Waals surface area contributed by atoms with E-state index in [1.807, 2.05) is 0 Å². The van der Waals surface area contributed by atoms with Gasteiger partial charge >= 0.3 is 0 Å². The number of nitrogens with zero attached hydrogens (tertiary/aromatic N) is 2. The second-order valence-electron chi connectivity index (χ2n) is 2.39. The molecule has 0 saturated carbocycles. The third-order valence-electron chi connectivity index (χ3n) is 1.32. The van der Waals surface area contributed by atoms with Crippen LogP contribution in [0.2, 0.25) is 0 Å². The van der Waals surface area contributed by atoms with Gasteiger partial charge in [0.15, 0.2) is 0 Å². The molecule has 1 aromatic heterocycles. The lowest BCUT2D eigenvalue weighted by Crippen LogP contribution is -2.09. The third-order valence-corrected chi connectivity index (χ3v) is 2.10. The van der Waals surface area contributed by atoms with Crippen LogP contribution in [0, 0.1) is 0 Å². The summed E-state index contributed by atoms with van der Waals surface area (Å²) in [7, 11) is -1.01. The van der Waals surface area contributed by atoms with E-state index < -0.39 is 16.9 Å². The van der Waals surface area contributed by atoms with Crippen molar-refractivity contribution in [1.29, 1.82) is 0 Å². The smallest absolute Gasteiger partial charge is 0.109 e.